The fraction of sp³-hybridized carbons (Fsp3) is 0.286. The highest BCUT2D eigenvalue weighted by Crippen LogP contribution is 2.39. The Morgan fingerprint density at radius 2 is 2.23 bits per heavy atom. The molecule has 31 heavy (non-hydrogen) atoms. The van der Waals surface area contributed by atoms with Crippen molar-refractivity contribution in [2.75, 3.05) is 19.0 Å². The summed E-state index contributed by atoms with van der Waals surface area (Å²) >= 11 is 0. The molecule has 1 N–H and O–H groups in total. The average Bonchev–Trinajstić information content (AvgIpc) is 3.19. The van der Waals surface area contributed by atoms with E-state index in [2.05, 4.69) is 25.8 Å². The molecule has 10 heteroatoms. The number of nitrogens with one attached hydrogen (secondary N) is 1. The molecule has 1 unspecified atom stereocenters. The Morgan fingerprint density at radius 3 is 3.03 bits per heavy atom. The summed E-state index contributed by atoms with van der Waals surface area (Å²) < 4.78 is 29.1. The second kappa shape index (κ2) is 8.03. The number of methoxy groups -OCH3 is 1. The van der Waals surface area contributed by atoms with E-state index in [1.165, 1.54) is 11.8 Å². The van der Waals surface area contributed by atoms with Gasteiger partial charge in [-0.3, -0.25) is 0 Å². The molecule has 9 nitrogen and oxygen atoms in total. The number of benzene rings is 1. The van der Waals surface area contributed by atoms with Crippen LogP contribution in [-0.4, -0.2) is 38.7 Å². The number of fused-ring (bicyclic) bond motifs is 2. The van der Waals surface area contributed by atoms with E-state index in [1.54, 1.807) is 18.0 Å². The van der Waals surface area contributed by atoms with E-state index >= 15 is 0 Å². The average molecular weight is 439 g/mol. The van der Waals surface area contributed by atoms with E-state index in [0.29, 0.717) is 35.5 Å². The minimum Gasteiger partial charge on any atom is -0.481 e. The van der Waals surface area contributed by atoms with Gasteiger partial charge in [0.05, 0.1) is 36.2 Å². The van der Waals surface area contributed by atoms with Crippen molar-refractivity contribution in [3.8, 4) is 22.9 Å². The molecule has 2 amide bonds. The number of ether oxygens (including phenoxy) is 2. The number of hydrogen-bond donors (Lipinski definition) is 2. The molecule has 1 aliphatic heterocycles. The number of hydrogen-bond acceptors (Lipinski definition) is 6. The lowest BCUT2D eigenvalue weighted by molar-refractivity contribution is 0.225. The number of anilines is 1. The van der Waals surface area contributed by atoms with Crippen LogP contribution >= 0.6 is 0 Å². The van der Waals surface area contributed by atoms with Crippen molar-refractivity contribution in [1.82, 2.24) is 14.8 Å². The molecule has 1 aromatic carbocycles. The van der Waals surface area contributed by atoms with Gasteiger partial charge in [-0.2, -0.15) is 5.10 Å². The van der Waals surface area contributed by atoms with Gasteiger partial charge in [-0.25, -0.2) is 18.7 Å². The van der Waals surface area contributed by atoms with Crippen molar-refractivity contribution in [3.05, 3.63) is 47.8 Å². The molecule has 0 bridgehead atoms. The summed E-state index contributed by atoms with van der Waals surface area (Å²) in [6, 6.07) is 7.02. The first kappa shape index (κ1) is 19.6. The zero-order valence-electron chi connectivity index (χ0n) is 16.9. The lowest BCUT2D eigenvalue weighted by Gasteiger charge is -2.25. The highest BCUT2D eigenvalue weighted by molar-refractivity contribution is 7.75. The Labute approximate surface area is 180 Å². The molecule has 3 aromatic rings. The Bertz CT molecular complexity index is 1260. The smallest absolute Gasteiger partial charge is 0.353 e. The predicted octanol–water partition coefficient (Wildman–Crippen LogP) is 3.09. The van der Waals surface area contributed by atoms with Gasteiger partial charge in [-0.1, -0.05) is 12.1 Å². The first-order valence-corrected chi connectivity index (χ1v) is 11.2. The number of carbonyl (C=O) groups is 1. The Balaban J connectivity index is 1.46. The molecular formula is C21H21N5O4S. The maximum absolute atomic E-state index is 12.7. The highest BCUT2D eigenvalue weighted by Gasteiger charge is 2.23. The first-order chi connectivity index (χ1) is 15.1. The van der Waals surface area contributed by atoms with Crippen molar-refractivity contribution in [2.24, 2.45) is 4.36 Å². The van der Waals surface area contributed by atoms with Gasteiger partial charge in [-0.05, 0) is 35.6 Å². The number of rotatable bonds is 4. The molecule has 5 rings (SSSR count). The third-order valence-corrected chi connectivity index (χ3v) is 6.54. The van der Waals surface area contributed by atoms with Crippen molar-refractivity contribution in [2.45, 2.75) is 30.7 Å². The fourth-order valence-electron chi connectivity index (χ4n) is 3.82. The van der Waals surface area contributed by atoms with Crippen LogP contribution in [0.2, 0.25) is 0 Å². The Morgan fingerprint density at radius 1 is 1.32 bits per heavy atom. The number of nitrogens with zero attached hydrogens (tertiary/aromatic N) is 4. The van der Waals surface area contributed by atoms with Crippen LogP contribution in [-0.2, 0) is 30.0 Å². The van der Waals surface area contributed by atoms with Crippen LogP contribution in [0.1, 0.15) is 17.5 Å². The normalized spacial score (nSPS) is 15.3. The van der Waals surface area contributed by atoms with Crippen molar-refractivity contribution in [1.29, 1.82) is 0 Å². The number of pyridine rings is 1. The second-order valence-corrected chi connectivity index (χ2v) is 8.50. The van der Waals surface area contributed by atoms with Crippen LogP contribution in [0.5, 0.6) is 11.8 Å². The summed E-state index contributed by atoms with van der Waals surface area (Å²) in [6.07, 6.45) is 5.77. The molecule has 0 spiro atoms. The molecule has 0 fully saturated rings. The van der Waals surface area contributed by atoms with Gasteiger partial charge < -0.3 is 14.8 Å². The molecular weight excluding hydrogens is 418 g/mol. The quantitative estimate of drug-likeness (QED) is 0.605. The van der Waals surface area contributed by atoms with Crippen LogP contribution in [0.25, 0.3) is 11.1 Å². The van der Waals surface area contributed by atoms with Gasteiger partial charge in [-0.15, -0.1) is 4.36 Å². The lowest BCUT2D eigenvalue weighted by Crippen LogP contribution is -2.17. The standard InChI is InChI=1S/C21H21N5O4S/c1-29-18-11-14(7-8-22-18)16-6-4-13-3-5-15(13)19(16)24-21(27)25-31(28)17-12-23-26-9-2-10-30-20(17)26/h4,6-8,11-12,31H,2-3,5,9-10H2,1H3,(H,24,27). The Kier molecular flexibility index (Phi) is 5.06. The van der Waals surface area contributed by atoms with Gasteiger partial charge >= 0.3 is 6.03 Å². The monoisotopic (exact) mass is 439 g/mol. The third-order valence-electron chi connectivity index (χ3n) is 5.45. The van der Waals surface area contributed by atoms with Crippen LogP contribution in [0.15, 0.2) is 45.9 Å². The number of aromatic nitrogens is 3. The predicted molar refractivity (Wildman–Crippen MR) is 115 cm³/mol. The summed E-state index contributed by atoms with van der Waals surface area (Å²) in [5.74, 6) is 0.911. The van der Waals surface area contributed by atoms with Crippen LogP contribution in [0.4, 0.5) is 10.5 Å². The second-order valence-electron chi connectivity index (χ2n) is 7.28. The lowest BCUT2D eigenvalue weighted by atomic mass is 9.84. The summed E-state index contributed by atoms with van der Waals surface area (Å²) in [4.78, 5) is 17.2. The molecule has 1 atom stereocenters. The molecule has 0 saturated heterocycles. The largest absolute Gasteiger partial charge is 0.481 e. The summed E-state index contributed by atoms with van der Waals surface area (Å²) in [5, 5.41) is 7.03. The number of carbonyl (C=O) groups excluding carboxylic acids is 1. The summed E-state index contributed by atoms with van der Waals surface area (Å²) in [6.45, 7) is 1.22. The molecule has 0 saturated carbocycles. The van der Waals surface area contributed by atoms with Gasteiger partial charge in [0, 0.05) is 30.8 Å². The zero-order valence-corrected chi connectivity index (χ0v) is 17.8. The van der Waals surface area contributed by atoms with E-state index in [-0.39, 0.29) is 0 Å². The maximum atomic E-state index is 12.7. The molecule has 3 heterocycles. The van der Waals surface area contributed by atoms with E-state index in [1.807, 2.05) is 18.2 Å². The van der Waals surface area contributed by atoms with E-state index in [0.717, 1.165) is 36.0 Å². The Hall–Kier alpha value is -3.40. The number of thiol groups is 1. The van der Waals surface area contributed by atoms with E-state index in [4.69, 9.17) is 9.47 Å². The SMILES string of the molecule is COc1cc(-c2ccc3c(c2NC(=O)N=[SH](=O)c2cnn4c2OCCC4)CC3)ccn1. The summed E-state index contributed by atoms with van der Waals surface area (Å²) in [7, 11) is -0.779. The zero-order chi connectivity index (χ0) is 21.4. The van der Waals surface area contributed by atoms with Crippen LogP contribution in [0.3, 0.4) is 0 Å². The van der Waals surface area contributed by atoms with Gasteiger partial charge in [0.2, 0.25) is 11.8 Å². The third kappa shape index (κ3) is 3.63. The van der Waals surface area contributed by atoms with E-state index < -0.39 is 16.6 Å². The fourth-order valence-corrected chi connectivity index (χ4v) is 4.64. The van der Waals surface area contributed by atoms with Crippen molar-refractivity contribution in [3.63, 3.8) is 0 Å². The van der Waals surface area contributed by atoms with Gasteiger partial charge in [0.1, 0.15) is 4.90 Å². The first-order valence-electron chi connectivity index (χ1n) is 9.97. The highest BCUT2D eigenvalue weighted by atomic mass is 32.2. The van der Waals surface area contributed by atoms with Gasteiger partial charge in [0.15, 0.2) is 0 Å². The number of amides is 2. The number of aryl methyl sites for hydroxylation is 2. The van der Waals surface area contributed by atoms with Crippen molar-refractivity contribution < 1.29 is 18.5 Å². The minimum atomic E-state index is -2.34. The van der Waals surface area contributed by atoms with Crippen molar-refractivity contribution >= 4 is 22.3 Å². The molecule has 1 aliphatic carbocycles. The minimum absolute atomic E-state index is 0.338. The molecule has 0 radical (unpaired) electrons. The number of urea groups is 1. The topological polar surface area (TPSA) is 108 Å². The molecule has 2 aliphatic rings. The molecule has 160 valence electrons. The molecule has 2 aromatic heterocycles. The van der Waals surface area contributed by atoms with Crippen LogP contribution in [0, 0.1) is 0 Å². The van der Waals surface area contributed by atoms with Gasteiger partial charge in [0.25, 0.3) is 0 Å². The van der Waals surface area contributed by atoms with Crippen LogP contribution < -0.4 is 14.8 Å². The maximum Gasteiger partial charge on any atom is 0.353 e. The van der Waals surface area contributed by atoms with E-state index in [9.17, 15) is 9.00 Å². The summed E-state index contributed by atoms with van der Waals surface area (Å²) in [5.41, 5.74) is 4.63.